The van der Waals surface area contributed by atoms with Crippen LogP contribution in [0, 0.1) is 5.82 Å². The van der Waals surface area contributed by atoms with Crippen LogP contribution in [0.5, 0.6) is 5.75 Å². The summed E-state index contributed by atoms with van der Waals surface area (Å²) in [5.74, 6) is -1.33. The van der Waals surface area contributed by atoms with Gasteiger partial charge < -0.3 is 9.72 Å². The van der Waals surface area contributed by atoms with Crippen LogP contribution in [-0.4, -0.2) is 23.1 Å². The molecule has 4 aromatic carbocycles. The molecule has 38 heavy (non-hydrogen) atoms. The number of para-hydroxylation sites is 1. The van der Waals surface area contributed by atoms with Crippen molar-refractivity contribution < 1.29 is 18.7 Å². The van der Waals surface area contributed by atoms with E-state index in [2.05, 4.69) is 15.5 Å². The highest BCUT2D eigenvalue weighted by Gasteiger charge is 2.21. The Morgan fingerprint density at radius 3 is 2.45 bits per heavy atom. The SMILES string of the molecule is O=C(Oc1ccccc1C=NNC(=O)c1[nH]c2ccc(F)cc2c1-c1ccccc1Cl)c1ccc(Cl)cc1. The Kier molecular flexibility index (Phi) is 7.22. The van der Waals surface area contributed by atoms with Crippen molar-refractivity contribution in [3.63, 3.8) is 0 Å². The van der Waals surface area contributed by atoms with Gasteiger partial charge in [-0.15, -0.1) is 0 Å². The Hall–Kier alpha value is -4.46. The molecule has 9 heteroatoms. The van der Waals surface area contributed by atoms with E-state index in [1.54, 1.807) is 78.9 Å². The van der Waals surface area contributed by atoms with Gasteiger partial charge in [-0.1, -0.05) is 53.5 Å². The van der Waals surface area contributed by atoms with Crippen LogP contribution in [0.15, 0.2) is 96.1 Å². The van der Waals surface area contributed by atoms with Gasteiger partial charge >= 0.3 is 5.97 Å². The molecule has 5 rings (SSSR count). The fraction of sp³-hybridized carbons (Fsp3) is 0. The van der Waals surface area contributed by atoms with E-state index in [9.17, 15) is 14.0 Å². The third-order valence-corrected chi connectivity index (χ3v) is 6.28. The average Bonchev–Trinajstić information content (AvgIpc) is 3.28. The Balaban J connectivity index is 1.40. The normalized spacial score (nSPS) is 11.1. The predicted molar refractivity (Wildman–Crippen MR) is 147 cm³/mol. The molecule has 1 amide bonds. The summed E-state index contributed by atoms with van der Waals surface area (Å²) in [6.07, 6.45) is 1.36. The number of carbonyl (C=O) groups excluding carboxylic acids is 2. The number of nitrogens with one attached hydrogen (secondary N) is 2. The van der Waals surface area contributed by atoms with E-state index in [4.69, 9.17) is 27.9 Å². The minimum absolute atomic E-state index is 0.165. The number of hydrazone groups is 1. The maximum Gasteiger partial charge on any atom is 0.343 e. The minimum Gasteiger partial charge on any atom is -0.422 e. The topological polar surface area (TPSA) is 83.5 Å². The quantitative estimate of drug-likeness (QED) is 0.102. The first-order valence-electron chi connectivity index (χ1n) is 11.4. The van der Waals surface area contributed by atoms with E-state index in [1.807, 2.05) is 0 Å². The van der Waals surface area contributed by atoms with E-state index >= 15 is 0 Å². The molecule has 188 valence electrons. The first-order valence-corrected chi connectivity index (χ1v) is 12.1. The molecule has 2 N–H and O–H groups in total. The van der Waals surface area contributed by atoms with Gasteiger partial charge in [0.25, 0.3) is 5.91 Å². The van der Waals surface area contributed by atoms with Crippen LogP contribution in [0.25, 0.3) is 22.0 Å². The van der Waals surface area contributed by atoms with E-state index < -0.39 is 17.7 Å². The summed E-state index contributed by atoms with van der Waals surface area (Å²) in [6, 6.07) is 24.2. The fourth-order valence-electron chi connectivity index (χ4n) is 3.92. The number of esters is 1. The van der Waals surface area contributed by atoms with Crippen LogP contribution in [0.2, 0.25) is 10.0 Å². The number of H-pyrrole nitrogens is 1. The second-order valence-electron chi connectivity index (χ2n) is 8.18. The summed E-state index contributed by atoms with van der Waals surface area (Å²) in [6.45, 7) is 0. The van der Waals surface area contributed by atoms with Crippen molar-refractivity contribution >= 4 is 52.2 Å². The number of aromatic amines is 1. The lowest BCUT2D eigenvalue weighted by molar-refractivity contribution is 0.0734. The van der Waals surface area contributed by atoms with Crippen molar-refractivity contribution in [3.8, 4) is 16.9 Å². The summed E-state index contributed by atoms with van der Waals surface area (Å²) in [5.41, 5.74) is 5.02. The zero-order valence-corrected chi connectivity index (χ0v) is 21.1. The number of aromatic nitrogens is 1. The fourth-order valence-corrected chi connectivity index (χ4v) is 4.28. The first-order chi connectivity index (χ1) is 18.4. The molecule has 6 nitrogen and oxygen atoms in total. The second kappa shape index (κ2) is 10.9. The van der Waals surface area contributed by atoms with Crippen molar-refractivity contribution in [2.75, 3.05) is 0 Å². The number of ether oxygens (including phenoxy) is 1. The molecule has 0 aliphatic heterocycles. The monoisotopic (exact) mass is 545 g/mol. The molecule has 5 aromatic rings. The first kappa shape index (κ1) is 25.2. The third kappa shape index (κ3) is 5.29. The highest BCUT2D eigenvalue weighted by molar-refractivity contribution is 6.34. The molecule has 0 fully saturated rings. The highest BCUT2D eigenvalue weighted by atomic mass is 35.5. The number of amides is 1. The molecule has 0 radical (unpaired) electrons. The van der Waals surface area contributed by atoms with E-state index in [0.29, 0.717) is 43.2 Å². The van der Waals surface area contributed by atoms with Crippen molar-refractivity contribution in [3.05, 3.63) is 124 Å². The zero-order valence-electron chi connectivity index (χ0n) is 19.5. The Morgan fingerprint density at radius 2 is 1.66 bits per heavy atom. The van der Waals surface area contributed by atoms with Crippen LogP contribution in [0.4, 0.5) is 4.39 Å². The van der Waals surface area contributed by atoms with Crippen LogP contribution in [0.3, 0.4) is 0 Å². The molecule has 0 spiro atoms. The predicted octanol–water partition coefficient (Wildman–Crippen LogP) is 7.26. The van der Waals surface area contributed by atoms with Crippen molar-refractivity contribution in [2.24, 2.45) is 5.10 Å². The molecule has 1 heterocycles. The Bertz CT molecular complexity index is 1700. The van der Waals surface area contributed by atoms with Gasteiger partial charge in [0.2, 0.25) is 0 Å². The number of hydrogen-bond acceptors (Lipinski definition) is 4. The Labute approximate surface area is 226 Å². The maximum absolute atomic E-state index is 14.1. The van der Waals surface area contributed by atoms with Gasteiger partial charge in [0, 0.05) is 37.6 Å². The van der Waals surface area contributed by atoms with Crippen molar-refractivity contribution in [1.82, 2.24) is 10.4 Å². The summed E-state index contributed by atoms with van der Waals surface area (Å²) in [4.78, 5) is 28.7. The van der Waals surface area contributed by atoms with Crippen molar-refractivity contribution in [2.45, 2.75) is 0 Å². The van der Waals surface area contributed by atoms with Gasteiger partial charge in [-0.05, 0) is 60.7 Å². The second-order valence-corrected chi connectivity index (χ2v) is 9.02. The zero-order chi connectivity index (χ0) is 26.6. The minimum atomic E-state index is -0.568. The number of fused-ring (bicyclic) bond motifs is 1. The summed E-state index contributed by atoms with van der Waals surface area (Å²) in [5, 5.41) is 5.47. The van der Waals surface area contributed by atoms with Gasteiger partial charge in [0.15, 0.2) is 0 Å². The van der Waals surface area contributed by atoms with Crippen LogP contribution in [-0.2, 0) is 0 Å². The Morgan fingerprint density at radius 1 is 0.921 bits per heavy atom. The standard InChI is InChI=1S/C29H18Cl2FN3O3/c30-19-11-9-17(10-12-19)29(37)38-25-8-4-1-5-18(25)16-33-35-28(36)27-26(21-6-2-3-7-23(21)31)22-15-20(32)13-14-24(22)34-27/h1-16,34H,(H,35,36). The van der Waals surface area contributed by atoms with Gasteiger partial charge in [0.1, 0.15) is 17.3 Å². The van der Waals surface area contributed by atoms with Gasteiger partial charge in [-0.3, -0.25) is 4.79 Å². The molecule has 0 atom stereocenters. The van der Waals surface area contributed by atoms with E-state index in [-0.39, 0.29) is 11.4 Å². The highest BCUT2D eigenvalue weighted by Crippen LogP contribution is 2.37. The molecular weight excluding hydrogens is 528 g/mol. The van der Waals surface area contributed by atoms with E-state index in [1.165, 1.54) is 18.3 Å². The third-order valence-electron chi connectivity index (χ3n) is 5.70. The lowest BCUT2D eigenvalue weighted by Crippen LogP contribution is -2.19. The summed E-state index contributed by atoms with van der Waals surface area (Å²) in [7, 11) is 0. The molecule has 0 unspecified atom stereocenters. The van der Waals surface area contributed by atoms with Crippen LogP contribution < -0.4 is 10.2 Å². The number of nitrogens with zero attached hydrogens (tertiary/aromatic N) is 1. The smallest absolute Gasteiger partial charge is 0.343 e. The average molecular weight is 546 g/mol. The largest absolute Gasteiger partial charge is 0.422 e. The number of rotatable bonds is 6. The molecule has 0 saturated carbocycles. The summed E-state index contributed by atoms with van der Waals surface area (Å²) >= 11 is 12.3. The van der Waals surface area contributed by atoms with Gasteiger partial charge in [-0.25, -0.2) is 14.6 Å². The lowest BCUT2D eigenvalue weighted by atomic mass is 10.0. The molecule has 0 aliphatic rings. The van der Waals surface area contributed by atoms with Crippen molar-refractivity contribution in [1.29, 1.82) is 0 Å². The molecule has 0 bridgehead atoms. The maximum atomic E-state index is 14.1. The van der Waals surface area contributed by atoms with E-state index in [0.717, 1.165) is 0 Å². The number of halogens is 3. The van der Waals surface area contributed by atoms with Crippen LogP contribution in [0.1, 0.15) is 26.4 Å². The number of carbonyl (C=O) groups is 2. The molecule has 0 aliphatic carbocycles. The van der Waals surface area contributed by atoms with Gasteiger partial charge in [-0.2, -0.15) is 5.10 Å². The molecular formula is C29H18Cl2FN3O3. The van der Waals surface area contributed by atoms with Crippen LogP contribution >= 0.6 is 23.2 Å². The molecule has 0 saturated heterocycles. The molecule has 1 aromatic heterocycles. The summed E-state index contributed by atoms with van der Waals surface area (Å²) < 4.78 is 19.6. The number of hydrogen-bond donors (Lipinski definition) is 2. The number of benzene rings is 4. The lowest BCUT2D eigenvalue weighted by Gasteiger charge is -2.08. The van der Waals surface area contributed by atoms with Gasteiger partial charge in [0.05, 0.1) is 11.8 Å².